The van der Waals surface area contributed by atoms with Crippen LogP contribution in [0.25, 0.3) is 0 Å². The van der Waals surface area contributed by atoms with Crippen LogP contribution in [0.15, 0.2) is 23.3 Å². The summed E-state index contributed by atoms with van der Waals surface area (Å²) in [5.41, 5.74) is -0.365. The largest absolute Gasteiger partial charge is 0.367 e. The first-order valence-corrected chi connectivity index (χ1v) is 5.41. The normalized spacial score (nSPS) is 14.1. The number of amides is 2. The molecule has 6 nitrogen and oxygen atoms in total. The number of carbonyl (C=O) groups excluding carboxylic acids is 2. The molecule has 17 heavy (non-hydrogen) atoms. The number of rotatable bonds is 4. The molecule has 0 aliphatic heterocycles. The maximum Gasteiger partial charge on any atom is 0.257 e. The van der Waals surface area contributed by atoms with E-state index in [4.69, 9.17) is 0 Å². The highest BCUT2D eigenvalue weighted by molar-refractivity contribution is 5.96. The highest BCUT2D eigenvalue weighted by Gasteiger charge is 2.23. The molecular formula is C11H13N3O3. The summed E-state index contributed by atoms with van der Waals surface area (Å²) in [5, 5.41) is 5.14. The molecule has 1 aliphatic rings. The van der Waals surface area contributed by atoms with E-state index < -0.39 is 5.91 Å². The van der Waals surface area contributed by atoms with Crippen molar-refractivity contribution in [2.24, 2.45) is 0 Å². The Hall–Kier alpha value is -2.11. The van der Waals surface area contributed by atoms with Gasteiger partial charge in [0, 0.05) is 24.5 Å². The predicted molar refractivity (Wildman–Crippen MR) is 60.6 cm³/mol. The topological polar surface area (TPSA) is 91.1 Å². The zero-order valence-electron chi connectivity index (χ0n) is 9.16. The molecule has 0 saturated heterocycles. The van der Waals surface area contributed by atoms with Crippen molar-refractivity contribution in [3.05, 3.63) is 34.2 Å². The van der Waals surface area contributed by atoms with Crippen LogP contribution in [-0.4, -0.2) is 29.4 Å². The minimum Gasteiger partial charge on any atom is -0.367 e. The maximum atomic E-state index is 11.6. The summed E-state index contributed by atoms with van der Waals surface area (Å²) in [6.07, 6.45) is 4.76. The molecule has 2 rings (SSSR count). The average molecular weight is 235 g/mol. The third-order valence-corrected chi connectivity index (χ3v) is 2.42. The number of pyridine rings is 1. The molecule has 1 aromatic heterocycles. The molecule has 0 aromatic carbocycles. The third kappa shape index (κ3) is 3.17. The summed E-state index contributed by atoms with van der Waals surface area (Å²) in [4.78, 5) is 36.8. The highest BCUT2D eigenvalue weighted by Crippen LogP contribution is 2.18. The lowest BCUT2D eigenvalue weighted by Crippen LogP contribution is -2.39. The van der Waals surface area contributed by atoms with E-state index in [0.29, 0.717) is 0 Å². The number of hydrogen-bond acceptors (Lipinski definition) is 3. The van der Waals surface area contributed by atoms with Gasteiger partial charge in [0.25, 0.3) is 5.91 Å². The first kappa shape index (κ1) is 11.4. The van der Waals surface area contributed by atoms with Crippen LogP contribution in [0.4, 0.5) is 0 Å². The van der Waals surface area contributed by atoms with Gasteiger partial charge in [-0.15, -0.1) is 0 Å². The van der Waals surface area contributed by atoms with Crippen molar-refractivity contribution in [1.29, 1.82) is 0 Å². The SMILES string of the molecule is O=C(CNC(=O)c1c[nH]ccc1=O)NC1CC1. The second-order valence-corrected chi connectivity index (χ2v) is 3.95. The third-order valence-electron chi connectivity index (χ3n) is 2.42. The number of H-pyrrole nitrogens is 1. The fourth-order valence-corrected chi connectivity index (χ4v) is 1.36. The van der Waals surface area contributed by atoms with Crippen LogP contribution in [0.3, 0.4) is 0 Å². The van der Waals surface area contributed by atoms with Crippen LogP contribution >= 0.6 is 0 Å². The van der Waals surface area contributed by atoms with Crippen LogP contribution in [0, 0.1) is 0 Å². The van der Waals surface area contributed by atoms with Crippen molar-refractivity contribution in [3.8, 4) is 0 Å². The van der Waals surface area contributed by atoms with Gasteiger partial charge in [-0.1, -0.05) is 0 Å². The van der Waals surface area contributed by atoms with Crippen molar-refractivity contribution in [3.63, 3.8) is 0 Å². The molecule has 0 atom stereocenters. The molecule has 2 amide bonds. The average Bonchev–Trinajstić information content (AvgIpc) is 3.10. The Labute approximate surface area is 97.4 Å². The summed E-state index contributed by atoms with van der Waals surface area (Å²) in [6, 6.07) is 1.53. The molecule has 0 radical (unpaired) electrons. The van der Waals surface area contributed by atoms with E-state index >= 15 is 0 Å². The Balaban J connectivity index is 1.86. The van der Waals surface area contributed by atoms with Crippen LogP contribution in [0.1, 0.15) is 23.2 Å². The second kappa shape index (κ2) is 4.82. The van der Waals surface area contributed by atoms with Crippen molar-refractivity contribution in [1.82, 2.24) is 15.6 Å². The smallest absolute Gasteiger partial charge is 0.257 e. The Kier molecular flexibility index (Phi) is 3.22. The molecule has 1 aromatic rings. The molecule has 6 heteroatoms. The number of hydrogen-bond donors (Lipinski definition) is 3. The minimum absolute atomic E-state index is 0.00622. The molecule has 1 aliphatic carbocycles. The highest BCUT2D eigenvalue weighted by atomic mass is 16.2. The van der Waals surface area contributed by atoms with E-state index in [0.717, 1.165) is 12.8 Å². The molecule has 90 valence electrons. The molecule has 3 N–H and O–H groups in total. The monoisotopic (exact) mass is 235 g/mol. The van der Waals surface area contributed by atoms with Crippen molar-refractivity contribution in [2.75, 3.05) is 6.54 Å². The van der Waals surface area contributed by atoms with Gasteiger partial charge in [0.05, 0.1) is 6.54 Å². The van der Waals surface area contributed by atoms with E-state index in [2.05, 4.69) is 15.6 Å². The number of aromatic amines is 1. The Morgan fingerprint density at radius 1 is 1.41 bits per heavy atom. The van der Waals surface area contributed by atoms with Gasteiger partial charge in [0.15, 0.2) is 5.43 Å². The van der Waals surface area contributed by atoms with E-state index in [1.807, 2.05) is 0 Å². The van der Waals surface area contributed by atoms with Gasteiger partial charge in [-0.25, -0.2) is 0 Å². The molecule has 1 heterocycles. The van der Waals surface area contributed by atoms with Crippen LogP contribution in [0.2, 0.25) is 0 Å². The van der Waals surface area contributed by atoms with Gasteiger partial charge in [-0.3, -0.25) is 14.4 Å². The zero-order valence-corrected chi connectivity index (χ0v) is 9.16. The van der Waals surface area contributed by atoms with Gasteiger partial charge in [-0.05, 0) is 12.8 Å². The Morgan fingerprint density at radius 3 is 2.82 bits per heavy atom. The van der Waals surface area contributed by atoms with Crippen LogP contribution < -0.4 is 16.1 Å². The fourth-order valence-electron chi connectivity index (χ4n) is 1.36. The molecule has 0 unspecified atom stereocenters. The Morgan fingerprint density at radius 2 is 2.18 bits per heavy atom. The van der Waals surface area contributed by atoms with E-state index in [1.165, 1.54) is 18.5 Å². The lowest BCUT2D eigenvalue weighted by atomic mass is 10.2. The van der Waals surface area contributed by atoms with Gasteiger partial charge in [0.1, 0.15) is 5.56 Å². The van der Waals surface area contributed by atoms with Gasteiger partial charge in [-0.2, -0.15) is 0 Å². The quantitative estimate of drug-likeness (QED) is 0.649. The summed E-state index contributed by atoms with van der Waals surface area (Å²) in [5.74, 6) is -0.772. The summed E-state index contributed by atoms with van der Waals surface area (Å²) in [7, 11) is 0. The minimum atomic E-state index is -0.544. The number of nitrogens with one attached hydrogen (secondary N) is 3. The summed E-state index contributed by atoms with van der Waals surface area (Å²) >= 11 is 0. The first-order valence-electron chi connectivity index (χ1n) is 5.41. The lowest BCUT2D eigenvalue weighted by Gasteiger charge is -2.05. The predicted octanol–water partition coefficient (Wildman–Crippen LogP) is -0.617. The Bertz CT molecular complexity index is 491. The molecule has 0 bridgehead atoms. The summed E-state index contributed by atoms with van der Waals surface area (Å²) in [6.45, 7) is -0.107. The van der Waals surface area contributed by atoms with E-state index in [1.54, 1.807) is 0 Å². The van der Waals surface area contributed by atoms with Gasteiger partial charge < -0.3 is 15.6 Å². The first-order chi connectivity index (χ1) is 8.16. The van der Waals surface area contributed by atoms with E-state index in [9.17, 15) is 14.4 Å². The van der Waals surface area contributed by atoms with Crippen LogP contribution in [-0.2, 0) is 4.79 Å². The van der Waals surface area contributed by atoms with E-state index in [-0.39, 0.29) is 29.5 Å². The maximum absolute atomic E-state index is 11.6. The van der Waals surface area contributed by atoms with Crippen molar-refractivity contribution in [2.45, 2.75) is 18.9 Å². The number of aromatic nitrogens is 1. The lowest BCUT2D eigenvalue weighted by molar-refractivity contribution is -0.120. The van der Waals surface area contributed by atoms with Gasteiger partial charge in [0.2, 0.25) is 5.91 Å². The summed E-state index contributed by atoms with van der Waals surface area (Å²) < 4.78 is 0. The molecule has 0 spiro atoms. The standard InChI is InChI=1S/C11H13N3O3/c15-9-3-4-12-5-8(9)11(17)13-6-10(16)14-7-1-2-7/h3-5,7H,1-2,6H2,(H,12,15)(H,13,17)(H,14,16). The fraction of sp³-hybridized carbons (Fsp3) is 0.364. The molecule has 1 fully saturated rings. The van der Waals surface area contributed by atoms with Crippen molar-refractivity contribution >= 4 is 11.8 Å². The van der Waals surface area contributed by atoms with Gasteiger partial charge >= 0.3 is 0 Å². The molecular weight excluding hydrogens is 222 g/mol. The zero-order chi connectivity index (χ0) is 12.3. The van der Waals surface area contributed by atoms with Crippen LogP contribution in [0.5, 0.6) is 0 Å². The number of carbonyl (C=O) groups is 2. The molecule has 1 saturated carbocycles. The van der Waals surface area contributed by atoms with Crippen molar-refractivity contribution < 1.29 is 9.59 Å². The second-order valence-electron chi connectivity index (χ2n) is 3.95.